The van der Waals surface area contributed by atoms with Crippen LogP contribution in [-0.4, -0.2) is 21.1 Å². The van der Waals surface area contributed by atoms with Crippen LogP contribution >= 0.6 is 0 Å². The minimum absolute atomic E-state index is 0. The first-order chi connectivity index (χ1) is 18.3. The van der Waals surface area contributed by atoms with Crippen molar-refractivity contribution in [2.24, 2.45) is 4.99 Å². The summed E-state index contributed by atoms with van der Waals surface area (Å²) in [4.78, 5) is 10.8. The third-order valence-electron chi connectivity index (χ3n) is 6.14. The molecule has 6 heteroatoms. The Morgan fingerprint density at radius 1 is 0.763 bits per heavy atom. The molecular formula is C32H22N4OPt. The van der Waals surface area contributed by atoms with Crippen molar-refractivity contribution < 1.29 is 26.2 Å². The first-order valence-electron chi connectivity index (χ1n) is 11.9. The average molecular weight is 674 g/mol. The Balaban J connectivity index is 0.00000294. The van der Waals surface area contributed by atoms with Gasteiger partial charge in [-0.15, -0.1) is 48.0 Å². The van der Waals surface area contributed by atoms with Gasteiger partial charge >= 0.3 is 21.1 Å². The molecule has 0 saturated carbocycles. The van der Waals surface area contributed by atoms with Crippen LogP contribution in [0.1, 0.15) is 0 Å². The molecule has 0 aliphatic rings. The van der Waals surface area contributed by atoms with Gasteiger partial charge in [0.15, 0.2) is 6.40 Å². The Morgan fingerprint density at radius 3 is 2.37 bits per heavy atom. The van der Waals surface area contributed by atoms with E-state index in [4.69, 9.17) is 0 Å². The smallest absolute Gasteiger partial charge is 0.499 e. The number of aliphatic imine (C=N–C) groups is 1. The van der Waals surface area contributed by atoms with Gasteiger partial charge in [-0.25, -0.2) is 9.98 Å². The van der Waals surface area contributed by atoms with Crippen LogP contribution in [0, 0.1) is 12.1 Å². The second kappa shape index (κ2) is 11.3. The number of fused-ring (bicyclic) bond motifs is 1. The molecule has 1 N–H and O–H groups in total. The average Bonchev–Trinajstić information content (AvgIpc) is 3.39. The fraction of sp³-hybridized carbons (Fsp3) is 0. The second-order valence-electron chi connectivity index (χ2n) is 8.41. The Kier molecular flexibility index (Phi) is 7.48. The van der Waals surface area contributed by atoms with Gasteiger partial charge in [0.1, 0.15) is 5.65 Å². The predicted molar refractivity (Wildman–Crippen MR) is 150 cm³/mol. The van der Waals surface area contributed by atoms with Crippen LogP contribution in [0.4, 0.5) is 22.7 Å². The Labute approximate surface area is 235 Å². The zero-order chi connectivity index (χ0) is 25.0. The Hall–Kier alpha value is -4.47. The largest absolute Gasteiger partial charge is 2.00 e. The van der Waals surface area contributed by atoms with Crippen LogP contribution in [-0.2, 0) is 21.1 Å². The molecule has 0 aliphatic heterocycles. The molecule has 6 rings (SSSR count). The maximum atomic E-state index is 9.28. The summed E-state index contributed by atoms with van der Waals surface area (Å²) in [6.45, 7) is 0. The molecule has 2 aromatic heterocycles. The third-order valence-corrected chi connectivity index (χ3v) is 6.14. The van der Waals surface area contributed by atoms with E-state index in [0.29, 0.717) is 5.69 Å². The summed E-state index contributed by atoms with van der Waals surface area (Å²) in [5, 5.41) is 10.4. The summed E-state index contributed by atoms with van der Waals surface area (Å²) in [6, 6.07) is 43.2. The number of aliphatic hydroxyl groups is 1. The fourth-order valence-corrected chi connectivity index (χ4v) is 4.48. The van der Waals surface area contributed by atoms with Gasteiger partial charge in [0.2, 0.25) is 0 Å². The molecule has 0 unspecified atom stereocenters. The van der Waals surface area contributed by atoms with Gasteiger partial charge in [0.05, 0.1) is 0 Å². The predicted octanol–water partition coefficient (Wildman–Crippen LogP) is 7.98. The summed E-state index contributed by atoms with van der Waals surface area (Å²) >= 11 is 0. The monoisotopic (exact) mass is 673 g/mol. The number of para-hydroxylation sites is 2. The maximum absolute atomic E-state index is 9.28. The van der Waals surface area contributed by atoms with Crippen molar-refractivity contribution in [1.29, 1.82) is 0 Å². The Morgan fingerprint density at radius 2 is 1.53 bits per heavy atom. The molecule has 5 nitrogen and oxygen atoms in total. The van der Waals surface area contributed by atoms with Gasteiger partial charge in [0.25, 0.3) is 0 Å². The molecule has 6 aromatic rings. The van der Waals surface area contributed by atoms with Crippen LogP contribution in [0.5, 0.6) is 0 Å². The minimum atomic E-state index is 0. The van der Waals surface area contributed by atoms with Crippen LogP contribution < -0.4 is 4.90 Å². The van der Waals surface area contributed by atoms with Gasteiger partial charge in [-0.1, -0.05) is 53.3 Å². The fourth-order valence-electron chi connectivity index (χ4n) is 4.48. The van der Waals surface area contributed by atoms with Crippen molar-refractivity contribution >= 4 is 40.2 Å². The molecule has 0 bridgehead atoms. The van der Waals surface area contributed by atoms with Gasteiger partial charge in [0, 0.05) is 29.2 Å². The van der Waals surface area contributed by atoms with Crippen molar-refractivity contribution in [2.45, 2.75) is 0 Å². The number of anilines is 3. The van der Waals surface area contributed by atoms with E-state index >= 15 is 0 Å². The summed E-state index contributed by atoms with van der Waals surface area (Å²) < 4.78 is 2.05. The molecular weight excluding hydrogens is 651 g/mol. The number of aromatic nitrogens is 2. The normalized spacial score (nSPS) is 10.9. The molecule has 4 aromatic carbocycles. The van der Waals surface area contributed by atoms with Crippen molar-refractivity contribution in [3.63, 3.8) is 0 Å². The van der Waals surface area contributed by atoms with Gasteiger partial charge in [-0.2, -0.15) is 6.07 Å². The van der Waals surface area contributed by atoms with Crippen molar-refractivity contribution in [3.05, 3.63) is 134 Å². The van der Waals surface area contributed by atoms with Crippen LogP contribution in [0.15, 0.2) is 127 Å². The molecule has 0 saturated heterocycles. The number of hydrogen-bond acceptors (Lipinski definition) is 3. The summed E-state index contributed by atoms with van der Waals surface area (Å²) in [6.07, 6.45) is 4.64. The first-order valence-corrected chi connectivity index (χ1v) is 11.9. The summed E-state index contributed by atoms with van der Waals surface area (Å²) in [5.41, 5.74) is 6.92. The van der Waals surface area contributed by atoms with Gasteiger partial charge in [-0.05, 0) is 42.1 Å². The van der Waals surface area contributed by atoms with E-state index in [9.17, 15) is 5.11 Å². The van der Waals surface area contributed by atoms with E-state index < -0.39 is 0 Å². The summed E-state index contributed by atoms with van der Waals surface area (Å²) in [5.74, 6) is 0. The first kappa shape index (κ1) is 25.2. The number of benzene rings is 4. The van der Waals surface area contributed by atoms with E-state index in [2.05, 4.69) is 51.3 Å². The molecule has 0 atom stereocenters. The van der Waals surface area contributed by atoms with E-state index in [1.807, 2.05) is 95.7 Å². The molecule has 2 heterocycles. The van der Waals surface area contributed by atoms with Gasteiger partial charge in [-0.3, -0.25) is 0 Å². The summed E-state index contributed by atoms with van der Waals surface area (Å²) in [7, 11) is 0. The number of aliphatic hydroxyl groups excluding tert-OH is 1. The topological polar surface area (TPSA) is 53.7 Å². The number of rotatable bonds is 6. The third kappa shape index (κ3) is 4.89. The SMILES string of the molecule is OC=Nc1ccccc1-c1[c-]c(N(c2[c-]c(-n3ccc4cccnc43)ccc2)c2ccccc2)ccc1.[Pt+2]. The zero-order valence-electron chi connectivity index (χ0n) is 20.2. The van der Waals surface area contributed by atoms with Crippen molar-refractivity contribution in [1.82, 2.24) is 9.55 Å². The van der Waals surface area contributed by atoms with Gasteiger partial charge < -0.3 is 14.6 Å². The number of pyridine rings is 1. The van der Waals surface area contributed by atoms with Crippen molar-refractivity contribution in [3.8, 4) is 16.8 Å². The Bertz CT molecular complexity index is 1710. The van der Waals surface area contributed by atoms with E-state index in [-0.39, 0.29) is 21.1 Å². The number of nitrogens with zero attached hydrogens (tertiary/aromatic N) is 4. The molecule has 0 amide bonds. The van der Waals surface area contributed by atoms with Crippen molar-refractivity contribution in [2.75, 3.05) is 4.90 Å². The molecule has 186 valence electrons. The van der Waals surface area contributed by atoms with Crippen LogP contribution in [0.25, 0.3) is 27.8 Å². The minimum Gasteiger partial charge on any atom is -0.499 e. The molecule has 0 spiro atoms. The van der Waals surface area contributed by atoms with Crippen LogP contribution in [0.3, 0.4) is 0 Å². The molecule has 0 aliphatic carbocycles. The maximum Gasteiger partial charge on any atom is 2.00 e. The zero-order valence-corrected chi connectivity index (χ0v) is 22.4. The van der Waals surface area contributed by atoms with Crippen LogP contribution in [0.2, 0.25) is 0 Å². The molecule has 38 heavy (non-hydrogen) atoms. The molecule has 0 radical (unpaired) electrons. The van der Waals surface area contributed by atoms with E-state index in [1.165, 1.54) is 0 Å². The van der Waals surface area contributed by atoms with E-state index in [1.54, 1.807) is 6.20 Å². The quantitative estimate of drug-likeness (QED) is 0.111. The van der Waals surface area contributed by atoms with E-state index in [0.717, 1.165) is 51.3 Å². The number of hydrogen-bond donors (Lipinski definition) is 1. The standard InChI is InChI=1S/C32H22N4O.Pt/c37-23-34-31-17-5-4-16-30(31)25-9-6-14-28(21-25)36(26-11-2-1-3-12-26)29-15-7-13-27(22-29)35-20-18-24-10-8-19-33-32(24)35;/h1-20,23H,(H,34,37);/q-2;+2. The second-order valence-corrected chi connectivity index (χ2v) is 8.41. The molecule has 0 fully saturated rings.